The van der Waals surface area contributed by atoms with E-state index in [4.69, 9.17) is 4.74 Å². The van der Waals surface area contributed by atoms with Gasteiger partial charge in [0, 0.05) is 11.6 Å². The van der Waals surface area contributed by atoms with E-state index in [1.807, 2.05) is 6.07 Å². The van der Waals surface area contributed by atoms with Gasteiger partial charge in [0.2, 0.25) is 11.8 Å². The topological polar surface area (TPSA) is 80.8 Å². The zero-order chi connectivity index (χ0) is 22.0. The van der Waals surface area contributed by atoms with Gasteiger partial charge >= 0.3 is 5.97 Å². The number of rotatable bonds is 5. The Morgan fingerprint density at radius 2 is 1.47 bits per heavy atom. The van der Waals surface area contributed by atoms with Gasteiger partial charge in [-0.2, -0.15) is 0 Å². The van der Waals surface area contributed by atoms with Crippen molar-refractivity contribution in [3.05, 3.63) is 48.0 Å². The zero-order valence-corrected chi connectivity index (χ0v) is 17.9. The number of likely N-dealkylation sites (tertiary alicyclic amines) is 1. The number of amides is 2. The number of esters is 1. The van der Waals surface area contributed by atoms with E-state index >= 15 is 0 Å². The lowest BCUT2D eigenvalue weighted by molar-refractivity contribution is -0.149. The molecule has 1 aromatic rings. The van der Waals surface area contributed by atoms with Crippen molar-refractivity contribution < 1.29 is 23.9 Å². The molecule has 1 saturated heterocycles. The highest BCUT2D eigenvalue weighted by atomic mass is 16.5. The van der Waals surface area contributed by atoms with E-state index < -0.39 is 0 Å². The quantitative estimate of drug-likeness (QED) is 0.309. The molecule has 6 nitrogen and oxygen atoms in total. The number of nitrogens with zero attached hydrogens (tertiary/aromatic N) is 1. The van der Waals surface area contributed by atoms with E-state index in [2.05, 4.69) is 12.2 Å². The molecular formula is C26H27NO5. The molecule has 6 atom stereocenters. The van der Waals surface area contributed by atoms with Gasteiger partial charge in [0.25, 0.3) is 0 Å². The maximum absolute atomic E-state index is 13.3. The Balaban J connectivity index is 1.05. The highest BCUT2D eigenvalue weighted by Gasteiger charge is 2.67. The van der Waals surface area contributed by atoms with Crippen LogP contribution in [0.15, 0.2) is 42.5 Å². The zero-order valence-electron chi connectivity index (χ0n) is 17.9. The van der Waals surface area contributed by atoms with Crippen LogP contribution in [0.3, 0.4) is 0 Å². The second-order valence-electron chi connectivity index (χ2n) is 10.1. The van der Waals surface area contributed by atoms with E-state index in [1.165, 1.54) is 0 Å². The van der Waals surface area contributed by atoms with Gasteiger partial charge in [0.15, 0.2) is 12.4 Å². The first kappa shape index (κ1) is 19.9. The van der Waals surface area contributed by atoms with Gasteiger partial charge < -0.3 is 4.74 Å². The number of ketones is 1. The Kier molecular flexibility index (Phi) is 4.60. The number of benzene rings is 1. The number of hydrogen-bond acceptors (Lipinski definition) is 5. The largest absolute Gasteiger partial charge is 0.457 e. The minimum absolute atomic E-state index is 0.0178. The van der Waals surface area contributed by atoms with Crippen LogP contribution in [0.25, 0.3) is 0 Å². The summed E-state index contributed by atoms with van der Waals surface area (Å²) in [4.78, 5) is 52.8. The van der Waals surface area contributed by atoms with Crippen LogP contribution >= 0.6 is 0 Å². The first-order valence-electron chi connectivity index (χ1n) is 11.8. The number of carbonyl (C=O) groups excluding carboxylic acids is 4. The normalized spacial score (nSPS) is 38.9. The maximum atomic E-state index is 13.3. The number of Topliss-reactive ketones (excluding diaryl/α,β-unsaturated/α-hetero) is 1. The van der Waals surface area contributed by atoms with Gasteiger partial charge in [-0.05, 0) is 55.8 Å². The van der Waals surface area contributed by atoms with Gasteiger partial charge in [-0.15, -0.1) is 0 Å². The Bertz CT molecular complexity index is 972. The third-order valence-corrected chi connectivity index (χ3v) is 8.53. The molecule has 4 fully saturated rings. The molecule has 0 radical (unpaired) electrons. The van der Waals surface area contributed by atoms with Gasteiger partial charge in [-0.3, -0.25) is 24.1 Å². The fourth-order valence-corrected chi connectivity index (χ4v) is 6.87. The second-order valence-corrected chi connectivity index (χ2v) is 10.1. The Hall–Kier alpha value is -2.76. The molecule has 1 aliphatic heterocycles. The third kappa shape index (κ3) is 2.99. The van der Waals surface area contributed by atoms with Crippen LogP contribution in [0.2, 0.25) is 0 Å². The van der Waals surface area contributed by atoms with Crippen LogP contribution in [0.4, 0.5) is 0 Å². The molecule has 1 aromatic carbocycles. The van der Waals surface area contributed by atoms with E-state index in [1.54, 1.807) is 29.2 Å². The monoisotopic (exact) mass is 433 g/mol. The summed E-state index contributed by atoms with van der Waals surface area (Å²) in [5.74, 6) is 0.547. The summed E-state index contributed by atoms with van der Waals surface area (Å²) in [5.41, 5.74) is 0.526. The molecule has 32 heavy (non-hydrogen) atoms. The first-order chi connectivity index (χ1) is 15.5. The average Bonchev–Trinajstić information content (AvgIpc) is 3.61. The van der Waals surface area contributed by atoms with Crippen molar-refractivity contribution in [3.8, 4) is 0 Å². The summed E-state index contributed by atoms with van der Waals surface area (Å²) in [6.45, 7) is -0.257. The Morgan fingerprint density at radius 3 is 2.06 bits per heavy atom. The van der Waals surface area contributed by atoms with Crippen molar-refractivity contribution in [3.63, 3.8) is 0 Å². The molecule has 166 valence electrons. The van der Waals surface area contributed by atoms with Gasteiger partial charge in [-0.1, -0.05) is 42.5 Å². The maximum Gasteiger partial charge on any atom is 0.309 e. The van der Waals surface area contributed by atoms with E-state index in [0.29, 0.717) is 43.1 Å². The highest BCUT2D eigenvalue weighted by Crippen LogP contribution is 2.65. The summed E-state index contributed by atoms with van der Waals surface area (Å²) in [6, 6.07) is 8.67. The minimum atomic E-state index is -0.359. The van der Waals surface area contributed by atoms with Crippen molar-refractivity contribution in [1.82, 2.24) is 4.90 Å². The van der Waals surface area contributed by atoms with Crippen molar-refractivity contribution in [1.29, 1.82) is 0 Å². The lowest BCUT2D eigenvalue weighted by atomic mass is 9.63. The lowest BCUT2D eigenvalue weighted by Crippen LogP contribution is -2.44. The molecule has 0 aromatic heterocycles. The number of hydrogen-bond donors (Lipinski definition) is 0. The molecular weight excluding hydrogens is 406 g/mol. The third-order valence-electron chi connectivity index (χ3n) is 8.53. The molecule has 6 aliphatic rings. The number of allylic oxidation sites excluding steroid dienone is 2. The van der Waals surface area contributed by atoms with Crippen LogP contribution < -0.4 is 0 Å². The standard InChI is InChI=1S/C26H27NO5/c28-21(14-4-2-1-3-5-14)13-32-26(31)15-6-8-16(9-7-15)27-24(29)22-17-10-11-18(20-12-19(17)20)23(22)25(27)30/h1-5,10-11,15-20,22-23H,6-9,12-13H2/t15?,16?,17-,18+,19-,20-,22+,23-/m1/s1. The van der Waals surface area contributed by atoms with Crippen molar-refractivity contribution in [2.24, 2.45) is 41.4 Å². The SMILES string of the molecule is O=C(COC(=O)C1CCC(N2C(=O)[C@@H]3[C@H]4C=C[C@H]([C@H]5C[C@H]45)[C@@H]3C2=O)CC1)c1ccccc1. The molecule has 2 bridgehead atoms. The minimum Gasteiger partial charge on any atom is -0.457 e. The molecule has 5 aliphatic carbocycles. The lowest BCUT2D eigenvalue weighted by Gasteiger charge is -2.37. The van der Waals surface area contributed by atoms with Crippen LogP contribution in [0, 0.1) is 41.4 Å². The van der Waals surface area contributed by atoms with E-state index in [9.17, 15) is 19.2 Å². The van der Waals surface area contributed by atoms with Gasteiger partial charge in [0.1, 0.15) is 0 Å². The molecule has 0 N–H and O–H groups in total. The van der Waals surface area contributed by atoms with Gasteiger partial charge in [0.05, 0.1) is 17.8 Å². The molecule has 3 saturated carbocycles. The molecule has 1 heterocycles. The van der Waals surface area contributed by atoms with Crippen LogP contribution in [0.1, 0.15) is 42.5 Å². The van der Waals surface area contributed by atoms with E-state index in [0.717, 1.165) is 6.42 Å². The fourth-order valence-electron chi connectivity index (χ4n) is 6.87. The fraction of sp³-hybridized carbons (Fsp3) is 0.538. The number of imide groups is 1. The average molecular weight is 434 g/mol. The van der Waals surface area contributed by atoms with Crippen LogP contribution in [-0.2, 0) is 19.1 Å². The predicted octanol–water partition coefficient (Wildman–Crippen LogP) is 3.02. The van der Waals surface area contributed by atoms with Crippen LogP contribution in [0.5, 0.6) is 0 Å². The van der Waals surface area contributed by atoms with Crippen molar-refractivity contribution in [2.75, 3.05) is 6.61 Å². The van der Waals surface area contributed by atoms with Gasteiger partial charge in [-0.25, -0.2) is 0 Å². The summed E-state index contributed by atoms with van der Waals surface area (Å²) < 4.78 is 5.29. The summed E-state index contributed by atoms with van der Waals surface area (Å²) >= 11 is 0. The van der Waals surface area contributed by atoms with Crippen molar-refractivity contribution >= 4 is 23.6 Å². The molecule has 6 heteroatoms. The molecule has 7 rings (SSSR count). The predicted molar refractivity (Wildman–Crippen MR) is 114 cm³/mol. The first-order valence-corrected chi connectivity index (χ1v) is 11.8. The van der Waals surface area contributed by atoms with Crippen molar-refractivity contribution in [2.45, 2.75) is 38.1 Å². The second kappa shape index (κ2) is 7.39. The summed E-state index contributed by atoms with van der Waals surface area (Å²) in [6.07, 6.45) is 7.95. The highest BCUT2D eigenvalue weighted by molar-refractivity contribution is 6.06. The number of carbonyl (C=O) groups is 4. The molecule has 0 spiro atoms. The van der Waals surface area contributed by atoms with E-state index in [-0.39, 0.29) is 65.8 Å². The number of ether oxygens (including phenoxy) is 1. The Morgan fingerprint density at radius 1 is 0.875 bits per heavy atom. The summed E-state index contributed by atoms with van der Waals surface area (Å²) in [5, 5.41) is 0. The van der Waals surface area contributed by atoms with Crippen LogP contribution in [-0.4, -0.2) is 41.1 Å². The smallest absolute Gasteiger partial charge is 0.309 e. The molecule has 0 unspecified atom stereocenters. The Labute approximate surface area is 187 Å². The summed E-state index contributed by atoms with van der Waals surface area (Å²) in [7, 11) is 0. The molecule has 2 amide bonds.